The predicted molar refractivity (Wildman–Crippen MR) is 167 cm³/mol. The van der Waals surface area contributed by atoms with Gasteiger partial charge in [0.15, 0.2) is 0 Å². The fourth-order valence-corrected chi connectivity index (χ4v) is 6.72. The standard InChI is InChI=1S/C31H40N6O3S/c1-22-16-23(2)21-36(20-22)11-9-29(38)34-25-6-5-7-26(18-25)35-31-32-10-4-3-8-27-24(19-33-31)17-28(41-27)30(39)37-12-14-40-15-13-37/h3,5-8,10,17-18,22-23H,4,9,11-16,19-21H2,1-2H3,(H,33,35)(H,34,38)/b8-3-,32-10?. The SMILES string of the molecule is CC1CC(C)CN(CCC(=O)Nc2cccc(NC3=NCc4cc(C(=O)N5CCOCC5)sc4/C=C\CC=N3)c2)C1. The number of likely N-dealkylation sites (tertiary alicyclic amines) is 1. The predicted octanol–water partition coefficient (Wildman–Crippen LogP) is 4.98. The number of carbonyl (C=O) groups excluding carboxylic acids is 2. The molecule has 0 radical (unpaired) electrons. The molecule has 2 unspecified atom stereocenters. The fourth-order valence-electron chi connectivity index (χ4n) is 5.64. The highest BCUT2D eigenvalue weighted by atomic mass is 32.1. The molecule has 1 aromatic heterocycles. The Morgan fingerprint density at radius 2 is 1.88 bits per heavy atom. The van der Waals surface area contributed by atoms with Gasteiger partial charge in [0, 0.05) is 68.0 Å². The summed E-state index contributed by atoms with van der Waals surface area (Å²) in [4.78, 5) is 41.0. The maximum absolute atomic E-state index is 13.0. The number of nitrogens with one attached hydrogen (secondary N) is 2. The van der Waals surface area contributed by atoms with Gasteiger partial charge in [0.25, 0.3) is 5.91 Å². The largest absolute Gasteiger partial charge is 0.378 e. The number of anilines is 2. The van der Waals surface area contributed by atoms with Gasteiger partial charge in [0.2, 0.25) is 11.9 Å². The van der Waals surface area contributed by atoms with E-state index in [2.05, 4.69) is 40.4 Å². The Morgan fingerprint density at radius 1 is 1.10 bits per heavy atom. The number of nitrogens with zero attached hydrogens (tertiary/aromatic N) is 4. The first kappa shape index (κ1) is 29.2. The van der Waals surface area contributed by atoms with Gasteiger partial charge in [-0.25, -0.2) is 9.98 Å². The van der Waals surface area contributed by atoms with Crippen molar-refractivity contribution in [2.75, 3.05) is 56.6 Å². The van der Waals surface area contributed by atoms with Crippen LogP contribution in [-0.4, -0.2) is 79.7 Å². The first-order chi connectivity index (χ1) is 19.9. The van der Waals surface area contributed by atoms with Gasteiger partial charge in [0.1, 0.15) is 0 Å². The Morgan fingerprint density at radius 3 is 2.68 bits per heavy atom. The van der Waals surface area contributed by atoms with Crippen LogP contribution in [0.5, 0.6) is 0 Å². The number of rotatable bonds is 6. The average Bonchev–Trinajstić information content (AvgIpc) is 3.37. The monoisotopic (exact) mass is 576 g/mol. The Balaban J connectivity index is 1.20. The maximum Gasteiger partial charge on any atom is 0.264 e. The molecule has 4 heterocycles. The van der Waals surface area contributed by atoms with Crippen LogP contribution in [0.3, 0.4) is 0 Å². The number of fused-ring (bicyclic) bond motifs is 1. The van der Waals surface area contributed by atoms with E-state index in [0.717, 1.165) is 46.3 Å². The highest BCUT2D eigenvalue weighted by Crippen LogP contribution is 2.27. The van der Waals surface area contributed by atoms with Crippen molar-refractivity contribution >= 4 is 52.8 Å². The summed E-state index contributed by atoms with van der Waals surface area (Å²) in [6.45, 7) is 10.3. The van der Waals surface area contributed by atoms with E-state index in [1.807, 2.05) is 47.5 Å². The summed E-state index contributed by atoms with van der Waals surface area (Å²) < 4.78 is 5.39. The second kappa shape index (κ2) is 14.0. The zero-order chi connectivity index (χ0) is 28.6. The van der Waals surface area contributed by atoms with Crippen LogP contribution in [0.25, 0.3) is 6.08 Å². The molecule has 2 saturated heterocycles. The van der Waals surface area contributed by atoms with Crippen molar-refractivity contribution in [3.63, 3.8) is 0 Å². The molecule has 0 aliphatic carbocycles. The fraction of sp³-hybridized carbons (Fsp3) is 0.484. The normalized spacial score (nSPS) is 22.4. The lowest BCUT2D eigenvalue weighted by atomic mass is 9.92. The van der Waals surface area contributed by atoms with Crippen LogP contribution in [0.15, 0.2) is 46.4 Å². The molecule has 41 heavy (non-hydrogen) atoms. The molecule has 2 fully saturated rings. The quantitative estimate of drug-likeness (QED) is 0.505. The zero-order valence-electron chi connectivity index (χ0n) is 24.0. The van der Waals surface area contributed by atoms with Crippen LogP contribution in [0.4, 0.5) is 11.4 Å². The minimum Gasteiger partial charge on any atom is -0.378 e. The van der Waals surface area contributed by atoms with Crippen LogP contribution in [-0.2, 0) is 16.1 Å². The molecule has 2 aromatic rings. The number of ether oxygens (including phenoxy) is 1. The first-order valence-corrected chi connectivity index (χ1v) is 15.4. The lowest BCUT2D eigenvalue weighted by Crippen LogP contribution is -2.40. The number of aliphatic imine (C=N–C) groups is 2. The molecule has 2 amide bonds. The third-order valence-electron chi connectivity index (χ3n) is 7.48. The Labute approximate surface area is 246 Å². The van der Waals surface area contributed by atoms with E-state index >= 15 is 0 Å². The highest BCUT2D eigenvalue weighted by molar-refractivity contribution is 7.15. The van der Waals surface area contributed by atoms with Crippen LogP contribution in [0, 0.1) is 11.8 Å². The smallest absolute Gasteiger partial charge is 0.264 e. The molecule has 3 aliphatic rings. The third-order valence-corrected chi connectivity index (χ3v) is 8.61. The average molecular weight is 577 g/mol. The lowest BCUT2D eigenvalue weighted by molar-refractivity contribution is -0.116. The molecule has 0 bridgehead atoms. The Kier molecular flexibility index (Phi) is 9.97. The number of allylic oxidation sites excluding steroid dienone is 1. The summed E-state index contributed by atoms with van der Waals surface area (Å²) in [5, 5.41) is 6.34. The van der Waals surface area contributed by atoms with Crippen molar-refractivity contribution in [2.24, 2.45) is 21.8 Å². The van der Waals surface area contributed by atoms with E-state index in [0.29, 0.717) is 63.5 Å². The van der Waals surface area contributed by atoms with Crippen molar-refractivity contribution < 1.29 is 14.3 Å². The van der Waals surface area contributed by atoms with Gasteiger partial charge in [-0.15, -0.1) is 11.3 Å². The Bertz CT molecular complexity index is 1300. The number of carbonyl (C=O) groups is 2. The van der Waals surface area contributed by atoms with E-state index in [4.69, 9.17) is 9.73 Å². The number of hydrogen-bond donors (Lipinski definition) is 2. The molecular formula is C31H40N6O3S. The van der Waals surface area contributed by atoms with E-state index in [1.165, 1.54) is 17.8 Å². The van der Waals surface area contributed by atoms with Gasteiger partial charge in [-0.2, -0.15) is 0 Å². The molecule has 2 N–H and O–H groups in total. The summed E-state index contributed by atoms with van der Waals surface area (Å²) in [6.07, 6.45) is 8.30. The lowest BCUT2D eigenvalue weighted by Gasteiger charge is -2.34. The van der Waals surface area contributed by atoms with Gasteiger partial charge in [-0.3, -0.25) is 9.59 Å². The number of thiophene rings is 1. The number of guanidine groups is 1. The summed E-state index contributed by atoms with van der Waals surface area (Å²) in [5.74, 6) is 1.90. The first-order valence-electron chi connectivity index (χ1n) is 14.6. The summed E-state index contributed by atoms with van der Waals surface area (Å²) >= 11 is 1.51. The van der Waals surface area contributed by atoms with Crippen molar-refractivity contribution in [3.05, 3.63) is 51.7 Å². The number of benzene rings is 1. The van der Waals surface area contributed by atoms with Crippen LogP contribution in [0.1, 0.15) is 53.2 Å². The number of piperidine rings is 1. The minimum absolute atomic E-state index is 0.0151. The number of hydrogen-bond acceptors (Lipinski definition) is 8. The molecule has 5 rings (SSSR count). The van der Waals surface area contributed by atoms with Gasteiger partial charge in [-0.05, 0) is 54.2 Å². The van der Waals surface area contributed by atoms with Crippen molar-refractivity contribution in [2.45, 2.75) is 39.7 Å². The van der Waals surface area contributed by atoms with Gasteiger partial charge in [-0.1, -0.05) is 26.0 Å². The summed E-state index contributed by atoms with van der Waals surface area (Å²) in [5.41, 5.74) is 2.52. The van der Waals surface area contributed by atoms with Crippen LogP contribution < -0.4 is 10.6 Å². The molecule has 10 heteroatoms. The number of morpholine rings is 1. The van der Waals surface area contributed by atoms with E-state index in [1.54, 1.807) is 0 Å². The maximum atomic E-state index is 13.0. The molecule has 0 spiro atoms. The molecule has 218 valence electrons. The molecule has 9 nitrogen and oxygen atoms in total. The Hall–Kier alpha value is -3.34. The van der Waals surface area contributed by atoms with Crippen LogP contribution in [0.2, 0.25) is 0 Å². The molecule has 0 saturated carbocycles. The molecule has 1 aromatic carbocycles. The second-order valence-corrected chi connectivity index (χ2v) is 12.3. The topological polar surface area (TPSA) is 98.6 Å². The van der Waals surface area contributed by atoms with Crippen LogP contribution >= 0.6 is 11.3 Å². The second-order valence-electron chi connectivity index (χ2n) is 11.2. The van der Waals surface area contributed by atoms with Gasteiger partial charge in [0.05, 0.1) is 24.6 Å². The number of amides is 2. The van der Waals surface area contributed by atoms with E-state index in [-0.39, 0.29) is 11.8 Å². The van der Waals surface area contributed by atoms with Gasteiger partial charge < -0.3 is 25.2 Å². The third kappa shape index (κ3) is 8.34. The van der Waals surface area contributed by atoms with Crippen molar-refractivity contribution in [1.82, 2.24) is 9.80 Å². The van der Waals surface area contributed by atoms with Crippen molar-refractivity contribution in [3.8, 4) is 0 Å². The van der Waals surface area contributed by atoms with E-state index < -0.39 is 0 Å². The minimum atomic E-state index is 0.0151. The zero-order valence-corrected chi connectivity index (χ0v) is 24.8. The van der Waals surface area contributed by atoms with Gasteiger partial charge >= 0.3 is 0 Å². The van der Waals surface area contributed by atoms with Crippen molar-refractivity contribution in [1.29, 1.82) is 0 Å². The summed E-state index contributed by atoms with van der Waals surface area (Å²) in [6, 6.07) is 9.57. The molecule has 2 atom stereocenters. The molecular weight excluding hydrogens is 536 g/mol. The highest BCUT2D eigenvalue weighted by Gasteiger charge is 2.23. The van der Waals surface area contributed by atoms with E-state index in [9.17, 15) is 9.59 Å². The molecule has 3 aliphatic heterocycles. The summed E-state index contributed by atoms with van der Waals surface area (Å²) in [7, 11) is 0.